The Hall–Kier alpha value is -2.45. The van der Waals surface area contributed by atoms with E-state index in [1.54, 1.807) is 28.0 Å². The number of hydrogen-bond acceptors (Lipinski definition) is 4. The second-order valence-electron chi connectivity index (χ2n) is 5.06. The van der Waals surface area contributed by atoms with Gasteiger partial charge in [0.25, 0.3) is 0 Å². The van der Waals surface area contributed by atoms with Gasteiger partial charge in [-0.15, -0.1) is 0 Å². The molecule has 1 aromatic carbocycles. The minimum Gasteiger partial charge on any atom is -0.336 e. The smallest absolute Gasteiger partial charge is 0.243 e. The second-order valence-corrected chi connectivity index (χ2v) is 6.82. The molecule has 1 N–H and O–H groups in total. The predicted octanol–water partition coefficient (Wildman–Crippen LogP) is 1.11. The lowest BCUT2D eigenvalue weighted by Gasteiger charge is -2.05. The van der Waals surface area contributed by atoms with Gasteiger partial charge in [0.1, 0.15) is 4.90 Å². The van der Waals surface area contributed by atoms with Crippen molar-refractivity contribution < 1.29 is 8.42 Å². The van der Waals surface area contributed by atoms with E-state index >= 15 is 0 Å². The molecule has 0 atom stereocenters. The van der Waals surface area contributed by atoms with Crippen molar-refractivity contribution in [2.24, 2.45) is 0 Å². The summed E-state index contributed by atoms with van der Waals surface area (Å²) in [4.78, 5) is 4.08. The Balaban J connectivity index is 1.61. The zero-order chi connectivity index (χ0) is 16.1. The van der Waals surface area contributed by atoms with E-state index in [0.29, 0.717) is 19.6 Å². The van der Waals surface area contributed by atoms with Crippen LogP contribution in [-0.4, -0.2) is 34.3 Å². The third-order valence-corrected chi connectivity index (χ3v) is 4.74. The summed E-state index contributed by atoms with van der Waals surface area (Å²) in [7, 11) is -3.55. The summed E-state index contributed by atoms with van der Waals surface area (Å²) in [6, 6.07) is 9.76. The lowest BCUT2D eigenvalue weighted by atomic mass is 10.2. The average Bonchev–Trinajstić information content (AvgIpc) is 3.20. The normalized spacial score (nSPS) is 11.7. The van der Waals surface area contributed by atoms with Gasteiger partial charge in [-0.3, -0.25) is 4.68 Å². The summed E-state index contributed by atoms with van der Waals surface area (Å²) >= 11 is 0. The molecule has 120 valence electrons. The second kappa shape index (κ2) is 6.76. The van der Waals surface area contributed by atoms with E-state index in [4.69, 9.17) is 0 Å². The summed E-state index contributed by atoms with van der Waals surface area (Å²) < 4.78 is 30.5. The Morgan fingerprint density at radius 2 is 2.00 bits per heavy atom. The van der Waals surface area contributed by atoms with Gasteiger partial charge in [-0.25, -0.2) is 18.1 Å². The third kappa shape index (κ3) is 4.05. The van der Waals surface area contributed by atoms with Crippen molar-refractivity contribution in [1.29, 1.82) is 0 Å². The molecule has 8 heteroatoms. The Morgan fingerprint density at radius 3 is 2.74 bits per heavy atom. The van der Waals surface area contributed by atoms with Crippen LogP contribution >= 0.6 is 0 Å². The van der Waals surface area contributed by atoms with Crippen LogP contribution in [0.4, 0.5) is 0 Å². The first-order valence-corrected chi connectivity index (χ1v) is 8.63. The van der Waals surface area contributed by atoms with Crippen LogP contribution in [0.2, 0.25) is 0 Å². The van der Waals surface area contributed by atoms with Crippen LogP contribution in [0.3, 0.4) is 0 Å². The highest BCUT2D eigenvalue weighted by molar-refractivity contribution is 7.89. The molecule has 3 rings (SSSR count). The van der Waals surface area contributed by atoms with E-state index in [9.17, 15) is 8.42 Å². The highest BCUT2D eigenvalue weighted by atomic mass is 32.2. The molecule has 2 aromatic heterocycles. The van der Waals surface area contributed by atoms with Crippen molar-refractivity contribution in [3.05, 3.63) is 67.0 Å². The van der Waals surface area contributed by atoms with E-state index < -0.39 is 10.0 Å². The van der Waals surface area contributed by atoms with Crippen molar-refractivity contribution in [3.63, 3.8) is 0 Å². The lowest BCUT2D eigenvalue weighted by molar-refractivity contribution is 0.572. The minimum absolute atomic E-state index is 0.166. The first-order chi connectivity index (χ1) is 11.1. The largest absolute Gasteiger partial charge is 0.336 e. The molecular formula is C15H17N5O2S. The fourth-order valence-electron chi connectivity index (χ4n) is 2.15. The first-order valence-electron chi connectivity index (χ1n) is 7.15. The molecule has 0 unspecified atom stereocenters. The van der Waals surface area contributed by atoms with Crippen LogP contribution in [0, 0.1) is 0 Å². The van der Waals surface area contributed by atoms with Gasteiger partial charge < -0.3 is 4.57 Å². The number of aromatic nitrogens is 4. The Kier molecular flexibility index (Phi) is 4.54. The molecule has 7 nitrogen and oxygen atoms in total. The zero-order valence-electron chi connectivity index (χ0n) is 12.4. The van der Waals surface area contributed by atoms with Gasteiger partial charge in [0.15, 0.2) is 0 Å². The Bertz CT molecular complexity index is 841. The Labute approximate surface area is 134 Å². The maximum Gasteiger partial charge on any atom is 0.243 e. The maximum absolute atomic E-state index is 12.2. The summed E-state index contributed by atoms with van der Waals surface area (Å²) in [6.45, 7) is 1.35. The van der Waals surface area contributed by atoms with Gasteiger partial charge in [-0.2, -0.15) is 5.10 Å². The fraction of sp³-hybridized carbons (Fsp3) is 0.200. The molecule has 0 aliphatic heterocycles. The SMILES string of the molecule is O=S(=O)(NCCn1ccnc1)c1cnn(Cc2ccccc2)c1. The van der Waals surface area contributed by atoms with Gasteiger partial charge in [-0.1, -0.05) is 30.3 Å². The molecule has 0 fully saturated rings. The Morgan fingerprint density at radius 1 is 1.17 bits per heavy atom. The number of nitrogens with zero attached hydrogens (tertiary/aromatic N) is 4. The van der Waals surface area contributed by atoms with Crippen LogP contribution in [0.5, 0.6) is 0 Å². The van der Waals surface area contributed by atoms with Crippen molar-refractivity contribution in [2.75, 3.05) is 6.54 Å². The summed E-state index contributed by atoms with van der Waals surface area (Å²) in [5, 5.41) is 4.12. The van der Waals surface area contributed by atoms with Crippen LogP contribution < -0.4 is 4.72 Å². The number of rotatable bonds is 7. The molecule has 0 aliphatic rings. The standard InChI is InChI=1S/C15H17N5O2S/c21-23(22,18-7-9-19-8-6-16-13-19)15-10-17-20(12-15)11-14-4-2-1-3-5-14/h1-6,8,10,12-13,18H,7,9,11H2. The van der Waals surface area contributed by atoms with Crippen molar-refractivity contribution >= 4 is 10.0 Å². The number of nitrogens with one attached hydrogen (secondary N) is 1. The van der Waals surface area contributed by atoms with E-state index in [-0.39, 0.29) is 4.90 Å². The first kappa shape index (κ1) is 15.4. The van der Waals surface area contributed by atoms with Crippen molar-refractivity contribution in [2.45, 2.75) is 18.0 Å². The zero-order valence-corrected chi connectivity index (χ0v) is 13.2. The quantitative estimate of drug-likeness (QED) is 0.703. The van der Waals surface area contributed by atoms with Crippen molar-refractivity contribution in [1.82, 2.24) is 24.1 Å². The van der Waals surface area contributed by atoms with E-state index in [1.807, 2.05) is 30.3 Å². The number of sulfonamides is 1. The maximum atomic E-state index is 12.2. The van der Waals surface area contributed by atoms with E-state index in [1.165, 1.54) is 12.4 Å². The molecule has 0 bridgehead atoms. The molecule has 0 amide bonds. The molecule has 0 saturated heterocycles. The van der Waals surface area contributed by atoms with E-state index in [2.05, 4.69) is 14.8 Å². The van der Waals surface area contributed by atoms with E-state index in [0.717, 1.165) is 5.56 Å². The molecule has 23 heavy (non-hydrogen) atoms. The van der Waals surface area contributed by atoms with Crippen LogP contribution in [0.1, 0.15) is 5.56 Å². The van der Waals surface area contributed by atoms with Crippen molar-refractivity contribution in [3.8, 4) is 0 Å². The van der Waals surface area contributed by atoms with Crippen LogP contribution in [-0.2, 0) is 23.1 Å². The topological polar surface area (TPSA) is 81.8 Å². The van der Waals surface area contributed by atoms with Gasteiger partial charge in [0.05, 0.1) is 19.1 Å². The monoisotopic (exact) mass is 331 g/mol. The summed E-state index contributed by atoms with van der Waals surface area (Å²) in [5.41, 5.74) is 1.06. The molecule has 3 aromatic rings. The van der Waals surface area contributed by atoms with Gasteiger partial charge in [0.2, 0.25) is 10.0 Å². The highest BCUT2D eigenvalue weighted by Gasteiger charge is 2.15. The minimum atomic E-state index is -3.55. The van der Waals surface area contributed by atoms with Gasteiger partial charge in [0, 0.05) is 31.7 Å². The van der Waals surface area contributed by atoms with Crippen LogP contribution in [0.25, 0.3) is 0 Å². The molecule has 2 heterocycles. The number of imidazole rings is 1. The molecule has 0 radical (unpaired) electrons. The van der Waals surface area contributed by atoms with Crippen LogP contribution in [0.15, 0.2) is 66.3 Å². The number of hydrogen-bond donors (Lipinski definition) is 1. The molecule has 0 aliphatic carbocycles. The highest BCUT2D eigenvalue weighted by Crippen LogP contribution is 2.09. The number of benzene rings is 1. The average molecular weight is 331 g/mol. The molecular weight excluding hydrogens is 314 g/mol. The van der Waals surface area contributed by atoms with Gasteiger partial charge in [-0.05, 0) is 5.56 Å². The third-order valence-electron chi connectivity index (χ3n) is 3.33. The fourth-order valence-corrected chi connectivity index (χ4v) is 3.12. The molecule has 0 spiro atoms. The lowest BCUT2D eigenvalue weighted by Crippen LogP contribution is -2.27. The summed E-state index contributed by atoms with van der Waals surface area (Å²) in [6.07, 6.45) is 7.98. The van der Waals surface area contributed by atoms with Gasteiger partial charge >= 0.3 is 0 Å². The molecule has 0 saturated carbocycles. The predicted molar refractivity (Wildman–Crippen MR) is 85.2 cm³/mol. The summed E-state index contributed by atoms with van der Waals surface area (Å²) in [5.74, 6) is 0.